The number of anilines is 1. The first-order valence-electron chi connectivity index (χ1n) is 6.24. The minimum atomic E-state index is -4.41. The Labute approximate surface area is 118 Å². The lowest BCUT2D eigenvalue weighted by atomic mass is 10.0. The van der Waals surface area contributed by atoms with Crippen LogP contribution in [0.2, 0.25) is 0 Å². The number of fused-ring (bicyclic) bond motifs is 1. The molecule has 1 aromatic heterocycles. The maximum absolute atomic E-state index is 12.9. The van der Waals surface area contributed by atoms with E-state index in [1.54, 1.807) is 23.0 Å². The summed E-state index contributed by atoms with van der Waals surface area (Å²) >= 11 is 0. The smallest absolute Gasteiger partial charge is 0.399 e. The minimum Gasteiger partial charge on any atom is -0.399 e. The molecule has 0 radical (unpaired) electrons. The van der Waals surface area contributed by atoms with Crippen molar-refractivity contribution in [3.05, 3.63) is 48.2 Å². The van der Waals surface area contributed by atoms with E-state index < -0.39 is 11.7 Å². The third-order valence-electron chi connectivity index (χ3n) is 3.36. The number of aryl methyl sites for hydroxylation is 1. The number of alkyl halides is 3. The van der Waals surface area contributed by atoms with Crippen LogP contribution in [0.25, 0.3) is 22.0 Å². The van der Waals surface area contributed by atoms with Crippen molar-refractivity contribution in [1.82, 2.24) is 9.78 Å². The van der Waals surface area contributed by atoms with Crippen molar-refractivity contribution in [3.63, 3.8) is 0 Å². The Kier molecular flexibility index (Phi) is 2.90. The summed E-state index contributed by atoms with van der Waals surface area (Å²) < 4.78 is 40.3. The molecule has 2 aromatic carbocycles. The van der Waals surface area contributed by atoms with Gasteiger partial charge in [0.15, 0.2) is 0 Å². The number of nitrogen functional groups attached to an aromatic ring is 1. The number of aromatic nitrogens is 2. The van der Waals surface area contributed by atoms with E-state index in [4.69, 9.17) is 5.73 Å². The number of hydrogen-bond donors (Lipinski definition) is 1. The molecule has 6 heteroatoms. The van der Waals surface area contributed by atoms with Crippen molar-refractivity contribution >= 4 is 16.6 Å². The molecule has 3 aromatic rings. The third kappa shape index (κ3) is 2.44. The molecule has 3 nitrogen and oxygen atoms in total. The standard InChI is InChI=1S/C15H12F3N3/c1-21-14-3-2-9(4-11(14)8-20-21)10-5-12(15(16,17)18)7-13(19)6-10/h2-8H,19H2,1H3. The van der Waals surface area contributed by atoms with Crippen LogP contribution in [0.1, 0.15) is 5.56 Å². The van der Waals surface area contributed by atoms with Gasteiger partial charge in [-0.1, -0.05) is 6.07 Å². The molecule has 0 saturated carbocycles. The van der Waals surface area contributed by atoms with E-state index in [2.05, 4.69) is 5.10 Å². The molecule has 0 aliphatic heterocycles. The van der Waals surface area contributed by atoms with Gasteiger partial charge in [-0.3, -0.25) is 4.68 Å². The van der Waals surface area contributed by atoms with E-state index in [-0.39, 0.29) is 5.69 Å². The minimum absolute atomic E-state index is 0.0890. The number of benzene rings is 2. The summed E-state index contributed by atoms with van der Waals surface area (Å²) in [4.78, 5) is 0. The zero-order valence-electron chi connectivity index (χ0n) is 11.1. The van der Waals surface area contributed by atoms with Gasteiger partial charge in [-0.2, -0.15) is 18.3 Å². The quantitative estimate of drug-likeness (QED) is 0.692. The van der Waals surface area contributed by atoms with E-state index >= 15 is 0 Å². The average molecular weight is 291 g/mol. The van der Waals surface area contributed by atoms with Crippen LogP contribution < -0.4 is 5.73 Å². The number of rotatable bonds is 1. The monoisotopic (exact) mass is 291 g/mol. The van der Waals surface area contributed by atoms with Gasteiger partial charge in [0.05, 0.1) is 17.3 Å². The van der Waals surface area contributed by atoms with Gasteiger partial charge in [0.25, 0.3) is 0 Å². The number of halogens is 3. The normalized spacial score (nSPS) is 12.0. The number of nitrogens with two attached hydrogens (primary N) is 1. The topological polar surface area (TPSA) is 43.8 Å². The Balaban J connectivity index is 2.15. The number of nitrogens with zero attached hydrogens (tertiary/aromatic N) is 2. The fourth-order valence-electron chi connectivity index (χ4n) is 2.33. The van der Waals surface area contributed by atoms with Gasteiger partial charge >= 0.3 is 6.18 Å². The van der Waals surface area contributed by atoms with Crippen molar-refractivity contribution in [2.45, 2.75) is 6.18 Å². The Morgan fingerprint density at radius 2 is 1.81 bits per heavy atom. The van der Waals surface area contributed by atoms with Gasteiger partial charge in [0.1, 0.15) is 0 Å². The molecule has 3 rings (SSSR count). The van der Waals surface area contributed by atoms with Crippen LogP contribution in [0.3, 0.4) is 0 Å². The van der Waals surface area contributed by atoms with Crippen LogP contribution in [0, 0.1) is 0 Å². The Hall–Kier alpha value is -2.50. The summed E-state index contributed by atoms with van der Waals surface area (Å²) in [7, 11) is 1.81. The van der Waals surface area contributed by atoms with E-state index in [1.807, 2.05) is 13.1 Å². The average Bonchev–Trinajstić information content (AvgIpc) is 2.78. The first-order valence-corrected chi connectivity index (χ1v) is 6.24. The highest BCUT2D eigenvalue weighted by Crippen LogP contribution is 2.34. The van der Waals surface area contributed by atoms with Crippen molar-refractivity contribution in [2.24, 2.45) is 7.05 Å². The molecule has 0 aliphatic rings. The molecule has 0 fully saturated rings. The molecule has 0 aliphatic carbocycles. The highest BCUT2D eigenvalue weighted by molar-refractivity contribution is 5.85. The van der Waals surface area contributed by atoms with E-state index in [1.165, 1.54) is 6.07 Å². The van der Waals surface area contributed by atoms with Crippen LogP contribution in [0.5, 0.6) is 0 Å². The predicted octanol–water partition coefficient (Wildman–Crippen LogP) is 3.84. The van der Waals surface area contributed by atoms with Crippen LogP contribution in [-0.2, 0) is 13.2 Å². The Morgan fingerprint density at radius 1 is 1.05 bits per heavy atom. The Morgan fingerprint density at radius 3 is 2.52 bits per heavy atom. The molecule has 2 N–H and O–H groups in total. The fourth-order valence-corrected chi connectivity index (χ4v) is 2.33. The van der Waals surface area contributed by atoms with Crippen molar-refractivity contribution in [3.8, 4) is 11.1 Å². The third-order valence-corrected chi connectivity index (χ3v) is 3.36. The van der Waals surface area contributed by atoms with E-state index in [9.17, 15) is 13.2 Å². The van der Waals surface area contributed by atoms with Gasteiger partial charge in [0.2, 0.25) is 0 Å². The molecular weight excluding hydrogens is 279 g/mol. The fraction of sp³-hybridized carbons (Fsp3) is 0.133. The molecule has 108 valence electrons. The van der Waals surface area contributed by atoms with Crippen LogP contribution in [-0.4, -0.2) is 9.78 Å². The highest BCUT2D eigenvalue weighted by Gasteiger charge is 2.31. The lowest BCUT2D eigenvalue weighted by Crippen LogP contribution is -2.06. The summed E-state index contributed by atoms with van der Waals surface area (Å²) in [6.07, 6.45) is -2.74. The van der Waals surface area contributed by atoms with E-state index in [0.717, 1.165) is 23.0 Å². The van der Waals surface area contributed by atoms with Crippen molar-refractivity contribution in [2.75, 3.05) is 5.73 Å². The SMILES string of the molecule is Cn1ncc2cc(-c3cc(N)cc(C(F)(F)F)c3)ccc21. The zero-order valence-corrected chi connectivity index (χ0v) is 11.1. The van der Waals surface area contributed by atoms with Crippen molar-refractivity contribution < 1.29 is 13.2 Å². The van der Waals surface area contributed by atoms with Crippen LogP contribution in [0.4, 0.5) is 18.9 Å². The lowest BCUT2D eigenvalue weighted by molar-refractivity contribution is -0.137. The van der Waals surface area contributed by atoms with Gasteiger partial charge in [-0.15, -0.1) is 0 Å². The maximum atomic E-state index is 12.9. The van der Waals surface area contributed by atoms with Gasteiger partial charge in [-0.05, 0) is 41.5 Å². The van der Waals surface area contributed by atoms with Crippen LogP contribution >= 0.6 is 0 Å². The van der Waals surface area contributed by atoms with Gasteiger partial charge in [0, 0.05) is 18.1 Å². The number of hydrogen-bond acceptors (Lipinski definition) is 2. The molecule has 0 amide bonds. The highest BCUT2D eigenvalue weighted by atomic mass is 19.4. The van der Waals surface area contributed by atoms with Crippen molar-refractivity contribution in [1.29, 1.82) is 0 Å². The molecule has 21 heavy (non-hydrogen) atoms. The second-order valence-electron chi connectivity index (χ2n) is 4.88. The first-order chi connectivity index (χ1) is 9.84. The molecule has 0 atom stereocenters. The molecule has 0 unspecified atom stereocenters. The lowest BCUT2D eigenvalue weighted by Gasteiger charge is -2.11. The zero-order chi connectivity index (χ0) is 15.2. The molecule has 0 spiro atoms. The van der Waals surface area contributed by atoms with E-state index in [0.29, 0.717) is 11.1 Å². The summed E-state index contributed by atoms with van der Waals surface area (Å²) in [6, 6.07) is 8.97. The van der Waals surface area contributed by atoms with Gasteiger partial charge < -0.3 is 5.73 Å². The summed E-state index contributed by atoms with van der Waals surface area (Å²) in [5.74, 6) is 0. The predicted molar refractivity (Wildman–Crippen MR) is 75.6 cm³/mol. The molecule has 0 bridgehead atoms. The molecule has 0 saturated heterocycles. The second kappa shape index (κ2) is 4.51. The second-order valence-corrected chi connectivity index (χ2v) is 4.88. The summed E-state index contributed by atoms with van der Waals surface area (Å²) in [5.41, 5.74) is 6.96. The molecule has 1 heterocycles. The van der Waals surface area contributed by atoms with Gasteiger partial charge in [-0.25, -0.2) is 0 Å². The molecular formula is C15H12F3N3. The maximum Gasteiger partial charge on any atom is 0.416 e. The van der Waals surface area contributed by atoms with Crippen LogP contribution in [0.15, 0.2) is 42.6 Å². The first kappa shape index (κ1) is 13.5. The Bertz CT molecular complexity index is 819. The largest absolute Gasteiger partial charge is 0.416 e. The summed E-state index contributed by atoms with van der Waals surface area (Å²) in [5, 5.41) is 4.98. The summed E-state index contributed by atoms with van der Waals surface area (Å²) in [6.45, 7) is 0.